The summed E-state index contributed by atoms with van der Waals surface area (Å²) >= 11 is 0. The molecular weight excluding hydrogens is 243 g/mol. The standard InChI is InChI=1S/C12H12F3N3/c1-7-3-4-8(5-9(7)16-2)10-6-11(18-17-10)12(13,14)15/h3-6,16H,1-2H3,(H,17,18). The maximum absolute atomic E-state index is 12.4. The first-order valence-electron chi connectivity index (χ1n) is 5.33. The molecule has 0 aliphatic rings. The van der Waals surface area contributed by atoms with Crippen molar-refractivity contribution in [2.24, 2.45) is 0 Å². The number of aryl methyl sites for hydroxylation is 1. The van der Waals surface area contributed by atoms with Gasteiger partial charge in [0, 0.05) is 18.3 Å². The molecule has 0 saturated heterocycles. The van der Waals surface area contributed by atoms with Crippen LogP contribution in [0.25, 0.3) is 11.3 Å². The third-order valence-electron chi connectivity index (χ3n) is 2.69. The van der Waals surface area contributed by atoms with E-state index in [2.05, 4.69) is 10.4 Å². The van der Waals surface area contributed by atoms with E-state index >= 15 is 0 Å². The van der Waals surface area contributed by atoms with Crippen LogP contribution in [-0.2, 0) is 6.18 Å². The van der Waals surface area contributed by atoms with E-state index in [1.807, 2.05) is 18.1 Å². The van der Waals surface area contributed by atoms with Gasteiger partial charge in [-0.15, -0.1) is 0 Å². The van der Waals surface area contributed by atoms with Crippen LogP contribution in [0.4, 0.5) is 18.9 Å². The Morgan fingerprint density at radius 1 is 1.22 bits per heavy atom. The summed E-state index contributed by atoms with van der Waals surface area (Å²) in [5.74, 6) is 0. The monoisotopic (exact) mass is 255 g/mol. The molecule has 3 nitrogen and oxygen atoms in total. The van der Waals surface area contributed by atoms with Gasteiger partial charge in [0.25, 0.3) is 0 Å². The van der Waals surface area contributed by atoms with Crippen LogP contribution in [0.5, 0.6) is 0 Å². The molecule has 0 atom stereocenters. The van der Waals surface area contributed by atoms with Gasteiger partial charge in [-0.25, -0.2) is 0 Å². The molecule has 0 aliphatic heterocycles. The molecule has 2 N–H and O–H groups in total. The molecule has 2 rings (SSSR count). The van der Waals surface area contributed by atoms with E-state index in [1.165, 1.54) is 0 Å². The van der Waals surface area contributed by atoms with E-state index in [4.69, 9.17) is 0 Å². The van der Waals surface area contributed by atoms with Crippen LogP contribution in [-0.4, -0.2) is 17.2 Å². The molecule has 1 aromatic heterocycles. The maximum atomic E-state index is 12.4. The number of hydrogen-bond donors (Lipinski definition) is 2. The van der Waals surface area contributed by atoms with E-state index in [1.54, 1.807) is 19.2 Å². The van der Waals surface area contributed by atoms with Crippen molar-refractivity contribution in [3.63, 3.8) is 0 Å². The van der Waals surface area contributed by atoms with Crippen LogP contribution < -0.4 is 5.32 Å². The second-order valence-electron chi connectivity index (χ2n) is 3.94. The number of H-pyrrole nitrogens is 1. The van der Waals surface area contributed by atoms with Crippen molar-refractivity contribution in [3.05, 3.63) is 35.5 Å². The normalized spacial score (nSPS) is 11.6. The molecule has 0 radical (unpaired) electrons. The highest BCUT2D eigenvalue weighted by atomic mass is 19.4. The van der Waals surface area contributed by atoms with E-state index in [0.717, 1.165) is 17.3 Å². The number of nitrogens with one attached hydrogen (secondary N) is 2. The molecule has 6 heteroatoms. The molecule has 96 valence electrons. The Morgan fingerprint density at radius 2 is 1.94 bits per heavy atom. The summed E-state index contributed by atoms with van der Waals surface area (Å²) in [4.78, 5) is 0. The molecule has 0 bridgehead atoms. The molecule has 18 heavy (non-hydrogen) atoms. The van der Waals surface area contributed by atoms with Crippen LogP contribution in [0.2, 0.25) is 0 Å². The van der Waals surface area contributed by atoms with Crippen molar-refractivity contribution < 1.29 is 13.2 Å². The number of halogens is 3. The molecule has 2 aromatic rings. The first-order chi connectivity index (χ1) is 8.41. The first-order valence-corrected chi connectivity index (χ1v) is 5.33. The van der Waals surface area contributed by atoms with Crippen LogP contribution >= 0.6 is 0 Å². The quantitative estimate of drug-likeness (QED) is 0.863. The topological polar surface area (TPSA) is 40.7 Å². The molecule has 0 spiro atoms. The number of aromatic nitrogens is 2. The Bertz CT molecular complexity index is 558. The third-order valence-corrected chi connectivity index (χ3v) is 2.69. The lowest BCUT2D eigenvalue weighted by molar-refractivity contribution is -0.141. The summed E-state index contributed by atoms with van der Waals surface area (Å²) in [7, 11) is 1.76. The van der Waals surface area contributed by atoms with E-state index in [-0.39, 0.29) is 5.69 Å². The number of alkyl halides is 3. The van der Waals surface area contributed by atoms with Gasteiger partial charge in [-0.1, -0.05) is 12.1 Å². The number of benzene rings is 1. The summed E-state index contributed by atoms with van der Waals surface area (Å²) < 4.78 is 37.3. The van der Waals surface area contributed by atoms with Gasteiger partial charge in [-0.3, -0.25) is 5.10 Å². The minimum atomic E-state index is -4.40. The Labute approximate surface area is 102 Å². The van der Waals surface area contributed by atoms with Crippen molar-refractivity contribution >= 4 is 5.69 Å². The predicted molar refractivity (Wildman–Crippen MR) is 63.3 cm³/mol. The summed E-state index contributed by atoms with van der Waals surface area (Å²) in [5.41, 5.74) is 1.96. The number of aromatic amines is 1. The molecule has 0 unspecified atom stereocenters. The van der Waals surface area contributed by atoms with Gasteiger partial charge in [0.2, 0.25) is 0 Å². The van der Waals surface area contributed by atoms with Crippen molar-refractivity contribution in [2.45, 2.75) is 13.1 Å². The predicted octanol–water partition coefficient (Wildman–Crippen LogP) is 3.45. The summed E-state index contributed by atoms with van der Waals surface area (Å²) in [5, 5.41) is 8.67. The molecule has 0 aliphatic carbocycles. The van der Waals surface area contributed by atoms with Gasteiger partial charge in [-0.05, 0) is 24.6 Å². The minimum absolute atomic E-state index is 0.277. The molecule has 0 saturated carbocycles. The largest absolute Gasteiger partial charge is 0.432 e. The van der Waals surface area contributed by atoms with Crippen molar-refractivity contribution in [1.82, 2.24) is 10.2 Å². The minimum Gasteiger partial charge on any atom is -0.388 e. The van der Waals surface area contributed by atoms with Gasteiger partial charge in [0.1, 0.15) is 5.69 Å². The highest BCUT2D eigenvalue weighted by molar-refractivity contribution is 5.67. The molecule has 0 fully saturated rings. The van der Waals surface area contributed by atoms with E-state index in [9.17, 15) is 13.2 Å². The second-order valence-corrected chi connectivity index (χ2v) is 3.94. The van der Waals surface area contributed by atoms with Crippen molar-refractivity contribution in [1.29, 1.82) is 0 Å². The highest BCUT2D eigenvalue weighted by Crippen LogP contribution is 2.31. The Kier molecular flexibility index (Phi) is 3.02. The van der Waals surface area contributed by atoms with Crippen molar-refractivity contribution in [2.75, 3.05) is 12.4 Å². The number of nitrogens with zero attached hydrogens (tertiary/aromatic N) is 1. The van der Waals surface area contributed by atoms with Crippen LogP contribution in [0.3, 0.4) is 0 Å². The number of rotatable bonds is 2. The smallest absolute Gasteiger partial charge is 0.388 e. The average molecular weight is 255 g/mol. The Balaban J connectivity index is 2.40. The molecule has 1 aromatic carbocycles. The number of hydrogen-bond acceptors (Lipinski definition) is 2. The summed E-state index contributed by atoms with van der Waals surface area (Å²) in [6, 6.07) is 6.35. The van der Waals surface area contributed by atoms with Gasteiger partial charge in [0.15, 0.2) is 0 Å². The van der Waals surface area contributed by atoms with Gasteiger partial charge in [0.05, 0.1) is 5.69 Å². The first kappa shape index (κ1) is 12.5. The van der Waals surface area contributed by atoms with Crippen LogP contribution in [0.15, 0.2) is 24.3 Å². The summed E-state index contributed by atoms with van der Waals surface area (Å²) in [6.07, 6.45) is -4.40. The van der Waals surface area contributed by atoms with Crippen LogP contribution in [0.1, 0.15) is 11.3 Å². The second kappa shape index (κ2) is 4.36. The SMILES string of the molecule is CNc1cc(-c2cc(C(F)(F)F)[nH]n2)ccc1C. The highest BCUT2D eigenvalue weighted by Gasteiger charge is 2.33. The number of anilines is 1. The van der Waals surface area contributed by atoms with E-state index < -0.39 is 11.9 Å². The van der Waals surface area contributed by atoms with E-state index in [0.29, 0.717) is 5.56 Å². The molecule has 0 amide bonds. The lowest BCUT2D eigenvalue weighted by Crippen LogP contribution is -2.04. The van der Waals surface area contributed by atoms with Gasteiger partial charge < -0.3 is 5.32 Å². The van der Waals surface area contributed by atoms with Crippen molar-refractivity contribution in [3.8, 4) is 11.3 Å². The van der Waals surface area contributed by atoms with Gasteiger partial charge in [-0.2, -0.15) is 18.3 Å². The maximum Gasteiger partial charge on any atom is 0.432 e. The summed E-state index contributed by atoms with van der Waals surface area (Å²) in [6.45, 7) is 1.92. The molecule has 1 heterocycles. The zero-order chi connectivity index (χ0) is 13.3. The lowest BCUT2D eigenvalue weighted by Gasteiger charge is -2.06. The fraction of sp³-hybridized carbons (Fsp3) is 0.250. The third kappa shape index (κ3) is 2.32. The zero-order valence-corrected chi connectivity index (χ0v) is 9.89. The Morgan fingerprint density at radius 3 is 2.50 bits per heavy atom. The lowest BCUT2D eigenvalue weighted by atomic mass is 10.1. The molecular formula is C12H12F3N3. The fourth-order valence-electron chi connectivity index (χ4n) is 1.67. The average Bonchev–Trinajstić information content (AvgIpc) is 2.78. The fourth-order valence-corrected chi connectivity index (χ4v) is 1.67. The van der Waals surface area contributed by atoms with Gasteiger partial charge >= 0.3 is 6.18 Å². The zero-order valence-electron chi connectivity index (χ0n) is 9.89. The van der Waals surface area contributed by atoms with Crippen LogP contribution in [0, 0.1) is 6.92 Å². The Hall–Kier alpha value is -1.98.